The predicted molar refractivity (Wildman–Crippen MR) is 77.8 cm³/mol. The van der Waals surface area contributed by atoms with Crippen LogP contribution in [0, 0.1) is 5.92 Å². The number of nitrogens with zero attached hydrogens (tertiary/aromatic N) is 1. The monoisotopic (exact) mass is 266 g/mol. The van der Waals surface area contributed by atoms with Crippen LogP contribution in [0.3, 0.4) is 0 Å². The standard InChI is InChI=1S/C15H23ClN2/c1-11(12-6-8-14(16)9-7-12)18(2)10-13-4-3-5-15(13)17/h6-9,11,13,15H,3-5,10,17H2,1-2H3. The lowest BCUT2D eigenvalue weighted by Gasteiger charge is -2.29. The van der Waals surface area contributed by atoms with Gasteiger partial charge in [-0.2, -0.15) is 0 Å². The van der Waals surface area contributed by atoms with Crippen LogP contribution in [-0.2, 0) is 0 Å². The lowest BCUT2D eigenvalue weighted by atomic mass is 10.0. The molecule has 1 fully saturated rings. The second-order valence-electron chi connectivity index (χ2n) is 5.52. The quantitative estimate of drug-likeness (QED) is 0.904. The van der Waals surface area contributed by atoms with Crippen LogP contribution in [0.15, 0.2) is 24.3 Å². The van der Waals surface area contributed by atoms with Crippen molar-refractivity contribution < 1.29 is 0 Å². The minimum atomic E-state index is 0.393. The predicted octanol–water partition coefficient (Wildman–Crippen LogP) is 3.46. The van der Waals surface area contributed by atoms with Crippen molar-refractivity contribution in [3.63, 3.8) is 0 Å². The molecule has 18 heavy (non-hydrogen) atoms. The Labute approximate surface area is 115 Å². The molecule has 100 valence electrons. The molecule has 0 heterocycles. The molecule has 3 atom stereocenters. The van der Waals surface area contributed by atoms with E-state index in [1.807, 2.05) is 12.1 Å². The third kappa shape index (κ3) is 3.25. The lowest BCUT2D eigenvalue weighted by Crippen LogP contribution is -2.35. The first-order chi connectivity index (χ1) is 8.58. The zero-order chi connectivity index (χ0) is 13.1. The summed E-state index contributed by atoms with van der Waals surface area (Å²) in [7, 11) is 2.18. The molecule has 1 aliphatic rings. The van der Waals surface area contributed by atoms with Crippen molar-refractivity contribution in [1.82, 2.24) is 4.90 Å². The van der Waals surface area contributed by atoms with Crippen LogP contribution in [0.5, 0.6) is 0 Å². The van der Waals surface area contributed by atoms with Gasteiger partial charge in [-0.05, 0) is 50.4 Å². The smallest absolute Gasteiger partial charge is 0.0406 e. The summed E-state index contributed by atoms with van der Waals surface area (Å²) < 4.78 is 0. The fraction of sp³-hybridized carbons (Fsp3) is 0.600. The van der Waals surface area contributed by atoms with E-state index in [2.05, 4.69) is 31.0 Å². The van der Waals surface area contributed by atoms with Gasteiger partial charge in [0.2, 0.25) is 0 Å². The Balaban J connectivity index is 1.95. The second kappa shape index (κ2) is 6.05. The van der Waals surface area contributed by atoms with Gasteiger partial charge < -0.3 is 5.73 Å². The molecule has 1 aliphatic carbocycles. The molecule has 2 rings (SSSR count). The minimum absolute atomic E-state index is 0.393. The van der Waals surface area contributed by atoms with Crippen LogP contribution in [0.1, 0.15) is 37.8 Å². The largest absolute Gasteiger partial charge is 0.327 e. The number of rotatable bonds is 4. The summed E-state index contributed by atoms with van der Waals surface area (Å²) >= 11 is 5.92. The highest BCUT2D eigenvalue weighted by Crippen LogP contribution is 2.28. The van der Waals surface area contributed by atoms with Crippen molar-refractivity contribution in [2.75, 3.05) is 13.6 Å². The third-order valence-electron chi connectivity index (χ3n) is 4.25. The zero-order valence-electron chi connectivity index (χ0n) is 11.3. The molecule has 0 bridgehead atoms. The highest BCUT2D eigenvalue weighted by Gasteiger charge is 2.26. The van der Waals surface area contributed by atoms with E-state index in [1.54, 1.807) is 0 Å². The van der Waals surface area contributed by atoms with Crippen LogP contribution in [-0.4, -0.2) is 24.5 Å². The Bertz CT molecular complexity index is 377. The number of hydrogen-bond acceptors (Lipinski definition) is 2. The van der Waals surface area contributed by atoms with Crippen LogP contribution >= 0.6 is 11.6 Å². The van der Waals surface area contributed by atoms with Crippen molar-refractivity contribution in [3.8, 4) is 0 Å². The summed E-state index contributed by atoms with van der Waals surface area (Å²) in [6.45, 7) is 3.33. The zero-order valence-corrected chi connectivity index (χ0v) is 12.0. The van der Waals surface area contributed by atoms with Gasteiger partial charge in [0.15, 0.2) is 0 Å². The summed E-state index contributed by atoms with van der Waals surface area (Å²) in [6, 6.07) is 8.95. The van der Waals surface area contributed by atoms with Crippen molar-refractivity contribution >= 4 is 11.6 Å². The molecule has 2 N–H and O–H groups in total. The summed E-state index contributed by atoms with van der Waals surface area (Å²) in [5.74, 6) is 0.657. The number of hydrogen-bond donors (Lipinski definition) is 1. The average molecular weight is 267 g/mol. The van der Waals surface area contributed by atoms with Gasteiger partial charge in [0.1, 0.15) is 0 Å². The average Bonchev–Trinajstić information content (AvgIpc) is 2.75. The van der Waals surface area contributed by atoms with Crippen molar-refractivity contribution in [3.05, 3.63) is 34.9 Å². The summed E-state index contributed by atoms with van der Waals surface area (Å²) in [5, 5.41) is 0.798. The van der Waals surface area contributed by atoms with Gasteiger partial charge >= 0.3 is 0 Å². The van der Waals surface area contributed by atoms with Gasteiger partial charge in [-0.25, -0.2) is 0 Å². The fourth-order valence-corrected chi connectivity index (χ4v) is 2.94. The Kier molecular flexibility index (Phi) is 4.66. The van der Waals surface area contributed by atoms with Crippen molar-refractivity contribution in [2.24, 2.45) is 11.7 Å². The van der Waals surface area contributed by atoms with E-state index in [-0.39, 0.29) is 0 Å². The molecule has 3 unspecified atom stereocenters. The maximum Gasteiger partial charge on any atom is 0.0406 e. The maximum absolute atomic E-state index is 6.14. The van der Waals surface area contributed by atoms with E-state index in [9.17, 15) is 0 Å². The Morgan fingerprint density at radius 1 is 1.33 bits per heavy atom. The van der Waals surface area contributed by atoms with E-state index < -0.39 is 0 Å². The SMILES string of the molecule is CC(c1ccc(Cl)cc1)N(C)CC1CCCC1N. The number of nitrogens with two attached hydrogens (primary N) is 1. The summed E-state index contributed by atoms with van der Waals surface area (Å²) in [5.41, 5.74) is 7.46. The molecule has 0 amide bonds. The normalized spacial score (nSPS) is 25.6. The van der Waals surface area contributed by atoms with E-state index in [4.69, 9.17) is 17.3 Å². The highest BCUT2D eigenvalue weighted by molar-refractivity contribution is 6.30. The van der Waals surface area contributed by atoms with Crippen LogP contribution in [0.2, 0.25) is 5.02 Å². The summed E-state index contributed by atoms with van der Waals surface area (Å²) in [4.78, 5) is 2.40. The molecule has 0 aromatic heterocycles. The lowest BCUT2D eigenvalue weighted by molar-refractivity contribution is 0.213. The first-order valence-corrected chi connectivity index (χ1v) is 7.17. The van der Waals surface area contributed by atoms with Crippen molar-refractivity contribution in [2.45, 2.75) is 38.3 Å². The Morgan fingerprint density at radius 2 is 2.00 bits per heavy atom. The molecule has 0 aliphatic heterocycles. The van der Waals surface area contributed by atoms with Gasteiger partial charge in [-0.3, -0.25) is 4.90 Å². The van der Waals surface area contributed by atoms with Crippen LogP contribution < -0.4 is 5.73 Å². The molecular formula is C15H23ClN2. The molecule has 3 heteroatoms. The Hall–Kier alpha value is -0.570. The third-order valence-corrected chi connectivity index (χ3v) is 4.51. The van der Waals surface area contributed by atoms with E-state index in [0.29, 0.717) is 18.0 Å². The summed E-state index contributed by atoms with van der Waals surface area (Å²) in [6.07, 6.45) is 3.75. The van der Waals surface area contributed by atoms with Gasteiger partial charge in [0.05, 0.1) is 0 Å². The van der Waals surface area contributed by atoms with Crippen LogP contribution in [0.25, 0.3) is 0 Å². The fourth-order valence-electron chi connectivity index (χ4n) is 2.82. The first kappa shape index (κ1) is 13.9. The van der Waals surface area contributed by atoms with Gasteiger partial charge in [0, 0.05) is 23.7 Å². The molecule has 1 aromatic carbocycles. The minimum Gasteiger partial charge on any atom is -0.327 e. The Morgan fingerprint density at radius 3 is 2.56 bits per heavy atom. The molecule has 1 aromatic rings. The molecular weight excluding hydrogens is 244 g/mol. The number of benzene rings is 1. The van der Waals surface area contributed by atoms with Gasteiger partial charge in [-0.15, -0.1) is 0 Å². The molecule has 0 spiro atoms. The maximum atomic E-state index is 6.14. The van der Waals surface area contributed by atoms with Gasteiger partial charge in [0.25, 0.3) is 0 Å². The second-order valence-corrected chi connectivity index (χ2v) is 5.96. The number of halogens is 1. The highest BCUT2D eigenvalue weighted by atomic mass is 35.5. The van der Waals surface area contributed by atoms with Crippen molar-refractivity contribution in [1.29, 1.82) is 0 Å². The van der Waals surface area contributed by atoms with Crippen LogP contribution in [0.4, 0.5) is 0 Å². The van der Waals surface area contributed by atoms with E-state index in [0.717, 1.165) is 11.6 Å². The molecule has 1 saturated carbocycles. The van der Waals surface area contributed by atoms with E-state index >= 15 is 0 Å². The first-order valence-electron chi connectivity index (χ1n) is 6.79. The van der Waals surface area contributed by atoms with Gasteiger partial charge in [-0.1, -0.05) is 30.2 Å². The topological polar surface area (TPSA) is 29.3 Å². The van der Waals surface area contributed by atoms with E-state index in [1.165, 1.54) is 24.8 Å². The molecule has 2 nitrogen and oxygen atoms in total. The molecule has 0 saturated heterocycles. The molecule has 0 radical (unpaired) electrons.